The van der Waals surface area contributed by atoms with E-state index in [0.29, 0.717) is 6.61 Å². The van der Waals surface area contributed by atoms with Crippen molar-refractivity contribution in [3.8, 4) is 5.75 Å². The summed E-state index contributed by atoms with van der Waals surface area (Å²) in [7, 11) is 0. The van der Waals surface area contributed by atoms with E-state index in [1.807, 2.05) is 36.4 Å². The van der Waals surface area contributed by atoms with E-state index in [9.17, 15) is 9.18 Å². The Morgan fingerprint density at radius 3 is 2.43 bits per heavy atom. The Bertz CT molecular complexity index is 1290. The summed E-state index contributed by atoms with van der Waals surface area (Å²) in [6.45, 7) is 8.18. The van der Waals surface area contributed by atoms with Gasteiger partial charge in [-0.2, -0.15) is 0 Å². The number of fused-ring (bicyclic) bond motifs is 1. The summed E-state index contributed by atoms with van der Waals surface area (Å²) < 4.78 is 22.0. The molecule has 0 unspecified atom stereocenters. The number of ether oxygens (including phenoxy) is 1. The number of nitrogens with one attached hydrogen (secondary N) is 1. The molecule has 35 heavy (non-hydrogen) atoms. The van der Waals surface area contributed by atoms with Crippen LogP contribution in [0.3, 0.4) is 0 Å². The highest BCUT2D eigenvalue weighted by molar-refractivity contribution is 5.94. The van der Waals surface area contributed by atoms with E-state index in [1.54, 1.807) is 12.1 Å². The van der Waals surface area contributed by atoms with Crippen LogP contribution in [0.5, 0.6) is 5.75 Å². The summed E-state index contributed by atoms with van der Waals surface area (Å²) in [5.74, 6) is 0.635. The lowest BCUT2D eigenvalue weighted by Gasteiger charge is -2.19. The van der Waals surface area contributed by atoms with E-state index in [0.717, 1.165) is 42.0 Å². The molecule has 5 nitrogen and oxygen atoms in total. The molecule has 0 saturated carbocycles. The molecule has 4 aromatic rings. The van der Waals surface area contributed by atoms with E-state index in [-0.39, 0.29) is 17.5 Å². The maximum absolute atomic E-state index is 14.0. The monoisotopic (exact) mass is 473 g/mol. The highest BCUT2D eigenvalue weighted by Gasteiger charge is 2.15. The first-order valence-electron chi connectivity index (χ1n) is 12.0. The van der Waals surface area contributed by atoms with Crippen molar-refractivity contribution in [3.63, 3.8) is 0 Å². The van der Waals surface area contributed by atoms with Crippen molar-refractivity contribution in [1.82, 2.24) is 14.9 Å². The predicted molar refractivity (Wildman–Crippen MR) is 137 cm³/mol. The highest BCUT2D eigenvalue weighted by Crippen LogP contribution is 2.24. The maximum Gasteiger partial charge on any atom is 0.254 e. The van der Waals surface area contributed by atoms with E-state index < -0.39 is 11.7 Å². The number of benzene rings is 3. The number of aryl methyl sites for hydroxylation is 1. The number of para-hydroxylation sites is 2. The van der Waals surface area contributed by atoms with Crippen LogP contribution in [-0.2, 0) is 18.5 Å². The lowest BCUT2D eigenvalue weighted by atomic mass is 9.87. The number of hydrogen-bond donors (Lipinski definition) is 1. The summed E-state index contributed by atoms with van der Waals surface area (Å²) in [5.41, 5.74) is 3.33. The molecule has 0 saturated heterocycles. The summed E-state index contributed by atoms with van der Waals surface area (Å²) in [6.07, 6.45) is 1.78. The van der Waals surface area contributed by atoms with Crippen molar-refractivity contribution in [2.75, 3.05) is 6.61 Å². The van der Waals surface area contributed by atoms with Crippen LogP contribution in [0.4, 0.5) is 4.39 Å². The third-order valence-electron chi connectivity index (χ3n) is 6.02. The number of unbranched alkanes of at least 4 members (excludes halogenated alkanes) is 1. The van der Waals surface area contributed by atoms with Gasteiger partial charge in [-0.15, -0.1) is 0 Å². The molecule has 0 aliphatic rings. The van der Waals surface area contributed by atoms with E-state index in [4.69, 9.17) is 9.72 Å². The van der Waals surface area contributed by atoms with Crippen LogP contribution in [0.15, 0.2) is 72.8 Å². The first-order valence-corrected chi connectivity index (χ1v) is 12.0. The number of nitrogens with zero attached hydrogens (tertiary/aromatic N) is 2. The number of rotatable bonds is 9. The minimum absolute atomic E-state index is 0.0304. The molecule has 4 rings (SSSR count). The second-order valence-corrected chi connectivity index (χ2v) is 9.66. The minimum atomic E-state index is -0.536. The molecule has 1 amide bonds. The van der Waals surface area contributed by atoms with Crippen molar-refractivity contribution >= 4 is 16.9 Å². The third-order valence-corrected chi connectivity index (χ3v) is 6.02. The Labute approximate surface area is 206 Å². The summed E-state index contributed by atoms with van der Waals surface area (Å²) in [5, 5.41) is 2.81. The Morgan fingerprint density at radius 2 is 1.69 bits per heavy atom. The number of hydrogen-bond acceptors (Lipinski definition) is 3. The average Bonchev–Trinajstić information content (AvgIpc) is 3.20. The van der Waals surface area contributed by atoms with Gasteiger partial charge in [0, 0.05) is 6.54 Å². The SMILES string of the molecule is CC(C)(C)c1ccc(OCCCCn2c(CNC(=O)c3ccccc3F)nc3ccccc32)cc1. The Hall–Kier alpha value is -3.67. The van der Waals surface area contributed by atoms with Gasteiger partial charge in [-0.1, -0.05) is 57.2 Å². The molecule has 0 radical (unpaired) electrons. The predicted octanol–water partition coefficient (Wildman–Crippen LogP) is 6.26. The number of imidazole rings is 1. The van der Waals surface area contributed by atoms with Gasteiger partial charge in [0.2, 0.25) is 0 Å². The van der Waals surface area contributed by atoms with E-state index >= 15 is 0 Å². The topological polar surface area (TPSA) is 56.1 Å². The zero-order valence-corrected chi connectivity index (χ0v) is 20.6. The smallest absolute Gasteiger partial charge is 0.254 e. The van der Waals surface area contributed by atoms with Gasteiger partial charge in [0.15, 0.2) is 0 Å². The summed E-state index contributed by atoms with van der Waals surface area (Å²) in [6, 6.07) is 22.2. The summed E-state index contributed by atoms with van der Waals surface area (Å²) >= 11 is 0. The second-order valence-electron chi connectivity index (χ2n) is 9.66. The van der Waals surface area contributed by atoms with Gasteiger partial charge in [0.1, 0.15) is 17.4 Å². The molecule has 0 aliphatic carbocycles. The molecule has 0 aliphatic heterocycles. The molecular formula is C29H32FN3O2. The molecular weight excluding hydrogens is 441 g/mol. The van der Waals surface area contributed by atoms with Crippen molar-refractivity contribution in [1.29, 1.82) is 0 Å². The van der Waals surface area contributed by atoms with Gasteiger partial charge in [0.05, 0.1) is 29.7 Å². The second kappa shape index (κ2) is 10.7. The van der Waals surface area contributed by atoms with Crippen molar-refractivity contribution in [2.45, 2.75) is 52.1 Å². The minimum Gasteiger partial charge on any atom is -0.494 e. The number of carbonyl (C=O) groups is 1. The largest absolute Gasteiger partial charge is 0.494 e. The molecule has 6 heteroatoms. The van der Waals surface area contributed by atoms with Crippen LogP contribution in [0.1, 0.15) is 55.4 Å². The number of halogens is 1. The third kappa shape index (κ3) is 6.07. The van der Waals surface area contributed by atoms with Crippen LogP contribution < -0.4 is 10.1 Å². The van der Waals surface area contributed by atoms with Gasteiger partial charge < -0.3 is 14.6 Å². The van der Waals surface area contributed by atoms with Crippen LogP contribution in [0.2, 0.25) is 0 Å². The maximum atomic E-state index is 14.0. The van der Waals surface area contributed by atoms with Crippen molar-refractivity contribution < 1.29 is 13.9 Å². The van der Waals surface area contributed by atoms with Gasteiger partial charge in [-0.3, -0.25) is 4.79 Å². The molecule has 0 spiro atoms. The molecule has 1 heterocycles. The first kappa shape index (κ1) is 24.5. The number of carbonyl (C=O) groups excluding carboxylic acids is 1. The Kier molecular flexibility index (Phi) is 7.49. The van der Waals surface area contributed by atoms with Gasteiger partial charge >= 0.3 is 0 Å². The molecule has 0 atom stereocenters. The van der Waals surface area contributed by atoms with Crippen LogP contribution >= 0.6 is 0 Å². The zero-order valence-electron chi connectivity index (χ0n) is 20.6. The Balaban J connectivity index is 1.35. The molecule has 0 fully saturated rings. The molecule has 0 bridgehead atoms. The van der Waals surface area contributed by atoms with Crippen molar-refractivity contribution in [3.05, 3.63) is 95.6 Å². The number of amides is 1. The quantitative estimate of drug-likeness (QED) is 0.292. The van der Waals surface area contributed by atoms with Crippen LogP contribution in [0, 0.1) is 5.82 Å². The molecule has 1 N–H and O–H groups in total. The highest BCUT2D eigenvalue weighted by atomic mass is 19.1. The van der Waals surface area contributed by atoms with E-state index in [1.165, 1.54) is 17.7 Å². The lowest BCUT2D eigenvalue weighted by molar-refractivity contribution is 0.0945. The normalized spacial score (nSPS) is 11.5. The molecule has 3 aromatic carbocycles. The van der Waals surface area contributed by atoms with Crippen molar-refractivity contribution in [2.24, 2.45) is 0 Å². The van der Waals surface area contributed by atoms with Gasteiger partial charge in [0.25, 0.3) is 5.91 Å². The molecule has 1 aromatic heterocycles. The zero-order chi connectivity index (χ0) is 24.8. The van der Waals surface area contributed by atoms with Gasteiger partial charge in [-0.25, -0.2) is 9.37 Å². The first-order chi connectivity index (χ1) is 16.8. The number of aromatic nitrogens is 2. The fourth-order valence-electron chi connectivity index (χ4n) is 4.02. The fraction of sp³-hybridized carbons (Fsp3) is 0.310. The standard InChI is InChI=1S/C29H32FN3O2/c1-29(2,3)21-14-16-22(17-15-21)35-19-9-8-18-33-26-13-7-6-12-25(26)32-27(33)20-31-28(34)23-10-4-5-11-24(23)30/h4-7,10-17H,8-9,18-20H2,1-3H3,(H,31,34). The van der Waals surface area contributed by atoms with E-state index in [2.05, 4.69) is 42.8 Å². The fourth-order valence-corrected chi connectivity index (χ4v) is 4.02. The van der Waals surface area contributed by atoms with Crippen LogP contribution in [0.25, 0.3) is 11.0 Å². The average molecular weight is 474 g/mol. The van der Waals surface area contributed by atoms with Gasteiger partial charge in [-0.05, 0) is 60.2 Å². The van der Waals surface area contributed by atoms with Crippen LogP contribution in [-0.4, -0.2) is 22.1 Å². The molecule has 182 valence electrons. The lowest BCUT2D eigenvalue weighted by Crippen LogP contribution is -2.25. The summed E-state index contributed by atoms with van der Waals surface area (Å²) in [4.78, 5) is 17.2. The Morgan fingerprint density at radius 1 is 0.971 bits per heavy atom.